The lowest BCUT2D eigenvalue weighted by Crippen LogP contribution is -2.22. The average molecular weight is 233 g/mol. The fourth-order valence-electron chi connectivity index (χ4n) is 2.04. The molecule has 84 valence electrons. The van der Waals surface area contributed by atoms with Crippen LogP contribution in [0.4, 0.5) is 0 Å². The second kappa shape index (κ2) is 4.71. The van der Waals surface area contributed by atoms with Crippen molar-refractivity contribution in [3.63, 3.8) is 0 Å². The number of nitrogens with one attached hydrogen (secondary N) is 1. The molecule has 1 amide bonds. The second-order valence-electron chi connectivity index (χ2n) is 4.29. The van der Waals surface area contributed by atoms with Crippen LogP contribution in [-0.2, 0) is 12.8 Å². The first-order chi connectivity index (χ1) is 7.70. The van der Waals surface area contributed by atoms with Gasteiger partial charge in [0.1, 0.15) is 0 Å². The van der Waals surface area contributed by atoms with Gasteiger partial charge in [0, 0.05) is 4.88 Å². The molecule has 1 N–H and O–H groups in total. The van der Waals surface area contributed by atoms with Crippen molar-refractivity contribution < 1.29 is 4.79 Å². The van der Waals surface area contributed by atoms with E-state index in [9.17, 15) is 4.79 Å². The summed E-state index contributed by atoms with van der Waals surface area (Å²) in [5.74, 6) is 3.11. The highest BCUT2D eigenvalue weighted by atomic mass is 32.1. The summed E-state index contributed by atoms with van der Waals surface area (Å²) in [5.41, 5.74) is 1.36. The molecule has 2 nitrogen and oxygen atoms in total. The van der Waals surface area contributed by atoms with Crippen LogP contribution < -0.4 is 5.32 Å². The van der Waals surface area contributed by atoms with Crippen molar-refractivity contribution in [2.45, 2.75) is 26.2 Å². The highest BCUT2D eigenvalue weighted by Crippen LogP contribution is 2.32. The van der Waals surface area contributed by atoms with E-state index in [0.717, 1.165) is 23.6 Å². The lowest BCUT2D eigenvalue weighted by atomic mass is 9.90. The van der Waals surface area contributed by atoms with Crippen LogP contribution in [0.5, 0.6) is 0 Å². The van der Waals surface area contributed by atoms with E-state index < -0.39 is 0 Å². The highest BCUT2D eigenvalue weighted by molar-refractivity contribution is 7.14. The van der Waals surface area contributed by atoms with Gasteiger partial charge in [0.05, 0.1) is 11.4 Å². The quantitative estimate of drug-likeness (QED) is 0.780. The van der Waals surface area contributed by atoms with Crippen LogP contribution in [0.3, 0.4) is 0 Å². The van der Waals surface area contributed by atoms with Crippen LogP contribution in [0.25, 0.3) is 0 Å². The molecule has 0 unspecified atom stereocenters. The van der Waals surface area contributed by atoms with Crippen LogP contribution in [0, 0.1) is 18.3 Å². The van der Waals surface area contributed by atoms with E-state index in [0.29, 0.717) is 6.54 Å². The molecular formula is C13H15NOS. The van der Waals surface area contributed by atoms with Crippen molar-refractivity contribution >= 4 is 17.2 Å². The van der Waals surface area contributed by atoms with E-state index in [4.69, 9.17) is 6.42 Å². The molecule has 1 aromatic heterocycles. The largest absolute Gasteiger partial charge is 0.340 e. The molecule has 0 aliphatic heterocycles. The molecule has 0 fully saturated rings. The van der Waals surface area contributed by atoms with E-state index in [1.807, 2.05) is 6.07 Å². The van der Waals surface area contributed by atoms with Gasteiger partial charge in [0.15, 0.2) is 0 Å². The van der Waals surface area contributed by atoms with Gasteiger partial charge in [-0.05, 0) is 36.8 Å². The molecule has 3 heteroatoms. The number of carbonyl (C=O) groups is 1. The molecule has 1 heterocycles. The first kappa shape index (κ1) is 11.2. The monoisotopic (exact) mass is 233 g/mol. The van der Waals surface area contributed by atoms with E-state index in [1.165, 1.54) is 16.9 Å². The zero-order valence-electron chi connectivity index (χ0n) is 9.38. The molecule has 2 rings (SSSR count). The zero-order chi connectivity index (χ0) is 11.5. The van der Waals surface area contributed by atoms with Crippen molar-refractivity contribution in [3.8, 4) is 12.3 Å². The summed E-state index contributed by atoms with van der Waals surface area (Å²) in [5, 5.41) is 2.70. The van der Waals surface area contributed by atoms with Gasteiger partial charge >= 0.3 is 0 Å². The number of aryl methyl sites for hydroxylation is 1. The van der Waals surface area contributed by atoms with Crippen molar-refractivity contribution in [2.75, 3.05) is 6.54 Å². The topological polar surface area (TPSA) is 29.1 Å². The normalized spacial score (nSPS) is 18.6. The molecular weight excluding hydrogens is 218 g/mol. The summed E-state index contributed by atoms with van der Waals surface area (Å²) in [6.07, 6.45) is 8.56. The fraction of sp³-hybridized carbons (Fsp3) is 0.462. The molecule has 1 aromatic rings. The summed E-state index contributed by atoms with van der Waals surface area (Å²) in [4.78, 5) is 13.9. The van der Waals surface area contributed by atoms with Crippen molar-refractivity contribution in [3.05, 3.63) is 21.4 Å². The van der Waals surface area contributed by atoms with Crippen LogP contribution >= 0.6 is 11.3 Å². The standard InChI is InChI=1S/C13H15NOS/c1-3-6-14-13(15)12-8-10-7-9(2)4-5-11(10)16-12/h1,8-9H,4-7H2,2H3,(H,14,15)/t9-/m1/s1. The summed E-state index contributed by atoms with van der Waals surface area (Å²) < 4.78 is 0. The van der Waals surface area contributed by atoms with Crippen LogP contribution in [-0.4, -0.2) is 12.5 Å². The maximum Gasteiger partial charge on any atom is 0.262 e. The van der Waals surface area contributed by atoms with Crippen molar-refractivity contribution in [1.82, 2.24) is 5.32 Å². The van der Waals surface area contributed by atoms with Crippen LogP contribution in [0.1, 0.15) is 33.5 Å². The average Bonchev–Trinajstić information content (AvgIpc) is 2.68. The Kier molecular flexibility index (Phi) is 3.31. The molecule has 0 radical (unpaired) electrons. The Morgan fingerprint density at radius 1 is 1.75 bits per heavy atom. The van der Waals surface area contributed by atoms with Gasteiger partial charge < -0.3 is 5.32 Å². The predicted molar refractivity (Wildman–Crippen MR) is 66.7 cm³/mol. The first-order valence-electron chi connectivity index (χ1n) is 5.54. The van der Waals surface area contributed by atoms with Gasteiger partial charge in [0.2, 0.25) is 0 Å². The molecule has 16 heavy (non-hydrogen) atoms. The van der Waals surface area contributed by atoms with E-state index >= 15 is 0 Å². The second-order valence-corrected chi connectivity index (χ2v) is 5.43. The Hall–Kier alpha value is -1.27. The minimum atomic E-state index is -0.0370. The van der Waals surface area contributed by atoms with E-state index in [-0.39, 0.29) is 5.91 Å². The van der Waals surface area contributed by atoms with Crippen molar-refractivity contribution in [1.29, 1.82) is 0 Å². The van der Waals surface area contributed by atoms with Crippen LogP contribution in [0.2, 0.25) is 0 Å². The van der Waals surface area contributed by atoms with E-state index in [1.54, 1.807) is 11.3 Å². The van der Waals surface area contributed by atoms with Crippen molar-refractivity contribution in [2.24, 2.45) is 5.92 Å². The molecule has 0 saturated carbocycles. The number of fused-ring (bicyclic) bond motifs is 1. The maximum atomic E-state index is 11.7. The molecule has 1 aliphatic carbocycles. The minimum absolute atomic E-state index is 0.0370. The number of hydrogen-bond acceptors (Lipinski definition) is 2. The highest BCUT2D eigenvalue weighted by Gasteiger charge is 2.20. The van der Waals surface area contributed by atoms with Gasteiger partial charge in [-0.3, -0.25) is 4.79 Å². The third kappa shape index (κ3) is 2.28. The van der Waals surface area contributed by atoms with Gasteiger partial charge in [-0.25, -0.2) is 0 Å². The third-order valence-electron chi connectivity index (χ3n) is 2.90. The fourth-order valence-corrected chi connectivity index (χ4v) is 3.16. The van der Waals surface area contributed by atoms with Gasteiger partial charge in [-0.15, -0.1) is 17.8 Å². The smallest absolute Gasteiger partial charge is 0.262 e. The molecule has 1 aliphatic rings. The van der Waals surface area contributed by atoms with Gasteiger partial charge in [0.25, 0.3) is 5.91 Å². The summed E-state index contributed by atoms with van der Waals surface area (Å²) in [6, 6.07) is 2.03. The van der Waals surface area contributed by atoms with Gasteiger partial charge in [-0.2, -0.15) is 0 Å². The molecule has 0 saturated heterocycles. The summed E-state index contributed by atoms with van der Waals surface area (Å²) in [6.45, 7) is 2.57. The molecule has 1 atom stereocenters. The third-order valence-corrected chi connectivity index (χ3v) is 4.14. The van der Waals surface area contributed by atoms with Crippen LogP contribution in [0.15, 0.2) is 6.07 Å². The molecule has 0 bridgehead atoms. The lowest BCUT2D eigenvalue weighted by Gasteiger charge is -2.16. The number of hydrogen-bond donors (Lipinski definition) is 1. The van der Waals surface area contributed by atoms with E-state index in [2.05, 4.69) is 18.2 Å². The zero-order valence-corrected chi connectivity index (χ0v) is 10.2. The number of rotatable bonds is 2. The number of amides is 1. The summed E-state index contributed by atoms with van der Waals surface area (Å²) >= 11 is 1.62. The Balaban J connectivity index is 2.13. The SMILES string of the molecule is C#CCNC(=O)c1cc2c(s1)CC[C@@H](C)C2. The Morgan fingerprint density at radius 2 is 2.56 bits per heavy atom. The Bertz CT molecular complexity index is 441. The molecule has 0 aromatic carbocycles. The Morgan fingerprint density at radius 3 is 3.31 bits per heavy atom. The van der Waals surface area contributed by atoms with Gasteiger partial charge in [-0.1, -0.05) is 12.8 Å². The number of carbonyl (C=O) groups excluding carboxylic acids is 1. The number of thiophene rings is 1. The molecule has 0 spiro atoms. The number of terminal acetylenes is 1. The summed E-state index contributed by atoms with van der Waals surface area (Å²) in [7, 11) is 0. The predicted octanol–water partition coefficient (Wildman–Crippen LogP) is 2.24. The maximum absolute atomic E-state index is 11.7. The Labute approximate surface area is 100 Å². The minimum Gasteiger partial charge on any atom is -0.340 e. The lowest BCUT2D eigenvalue weighted by molar-refractivity contribution is 0.0962. The first-order valence-corrected chi connectivity index (χ1v) is 6.35.